The van der Waals surface area contributed by atoms with E-state index in [-0.39, 0.29) is 17.9 Å². The van der Waals surface area contributed by atoms with Gasteiger partial charge in [0.1, 0.15) is 13.0 Å². The van der Waals surface area contributed by atoms with Crippen molar-refractivity contribution in [1.29, 1.82) is 0 Å². The number of carbonyl (C=O) groups is 2. The summed E-state index contributed by atoms with van der Waals surface area (Å²) >= 11 is 0. The summed E-state index contributed by atoms with van der Waals surface area (Å²) in [4.78, 5) is 25.9. The number of allylic oxidation sites excluding steroid dienone is 1. The van der Waals surface area contributed by atoms with Crippen molar-refractivity contribution in [1.82, 2.24) is 20.1 Å². The summed E-state index contributed by atoms with van der Waals surface area (Å²) in [5, 5.41) is 15.5. The third-order valence-electron chi connectivity index (χ3n) is 1.72. The first-order chi connectivity index (χ1) is 8.40. The Balaban J connectivity index is 2.77. The van der Waals surface area contributed by atoms with Gasteiger partial charge in [-0.25, -0.2) is 9.78 Å². The van der Waals surface area contributed by atoms with E-state index in [0.29, 0.717) is 0 Å². The van der Waals surface area contributed by atoms with Crippen molar-refractivity contribution in [2.24, 2.45) is 0 Å². The van der Waals surface area contributed by atoms with Crippen LogP contribution >= 0.6 is 7.80 Å². The van der Waals surface area contributed by atoms with Crippen LogP contribution in [0.5, 0.6) is 0 Å². The highest BCUT2D eigenvalue weighted by molar-refractivity contribution is 7.43. The van der Waals surface area contributed by atoms with Gasteiger partial charge in [-0.1, -0.05) is 4.57 Å². The van der Waals surface area contributed by atoms with Crippen LogP contribution in [0.1, 0.15) is 12.7 Å². The first-order valence-electron chi connectivity index (χ1n) is 4.90. The fraction of sp³-hybridized carbons (Fsp3) is 0.333. The number of nitrogens with one attached hydrogen (secondary N) is 1. The molecule has 1 aromatic heterocycles. The zero-order valence-corrected chi connectivity index (χ0v) is 10.7. The van der Waals surface area contributed by atoms with E-state index in [1.165, 1.54) is 13.6 Å². The molecule has 2 N–H and O–H groups in total. The summed E-state index contributed by atoms with van der Waals surface area (Å²) in [6.45, 7) is 2.74. The summed E-state index contributed by atoms with van der Waals surface area (Å²) in [5.41, 5.74) is 0. The number of ketones is 1. The lowest BCUT2D eigenvalue weighted by atomic mass is 10.3. The molecular formula is C9H12N4O4P+. The highest BCUT2D eigenvalue weighted by Gasteiger charge is 2.14. The van der Waals surface area contributed by atoms with Crippen molar-refractivity contribution < 1.29 is 19.3 Å². The van der Waals surface area contributed by atoms with Crippen LogP contribution in [0.2, 0.25) is 0 Å². The first-order valence-corrected chi connectivity index (χ1v) is 6.79. The minimum absolute atomic E-state index is 0.0264. The standard InChI is InChI=1S/C9H11N4O4P/c1-6(14)3-7(15)8-10-4-13(12-8)9(16)11-5-18(2)17/h3-4H,5H2,1-2H3,(H-,11,14,15,16)/p+1. The predicted octanol–water partition coefficient (Wildman–Crippen LogP) is 0.738. The number of hydrogen-bond acceptors (Lipinski definition) is 6. The van der Waals surface area contributed by atoms with Crippen molar-refractivity contribution in [3.63, 3.8) is 0 Å². The zero-order chi connectivity index (χ0) is 13.7. The molecule has 0 aliphatic rings. The summed E-state index contributed by atoms with van der Waals surface area (Å²) < 4.78 is 11.7. The zero-order valence-electron chi connectivity index (χ0n) is 9.82. The second-order valence-corrected chi connectivity index (χ2v) is 4.99. The van der Waals surface area contributed by atoms with Gasteiger partial charge in [-0.15, -0.1) is 5.10 Å². The van der Waals surface area contributed by atoms with Crippen molar-refractivity contribution in [3.8, 4) is 0 Å². The van der Waals surface area contributed by atoms with Crippen LogP contribution in [0.4, 0.5) is 4.79 Å². The fourth-order valence-electron chi connectivity index (χ4n) is 0.995. The van der Waals surface area contributed by atoms with Gasteiger partial charge in [0, 0.05) is 6.08 Å². The summed E-state index contributed by atoms with van der Waals surface area (Å²) in [7, 11) is -1.49. The minimum atomic E-state index is -1.49. The largest absolute Gasteiger partial charge is 0.504 e. The summed E-state index contributed by atoms with van der Waals surface area (Å²) in [6, 6.07) is -0.616. The number of hydrogen-bond donors (Lipinski definition) is 2. The number of aromatic nitrogens is 3. The first kappa shape index (κ1) is 14.0. The molecule has 0 bridgehead atoms. The maximum Gasteiger partial charge on any atom is 0.356 e. The van der Waals surface area contributed by atoms with E-state index >= 15 is 0 Å². The van der Waals surface area contributed by atoms with Crippen LogP contribution in [-0.2, 0) is 9.36 Å². The van der Waals surface area contributed by atoms with Gasteiger partial charge in [-0.05, 0) is 6.92 Å². The molecule has 1 atom stereocenters. The molecule has 1 heterocycles. The molecule has 18 heavy (non-hydrogen) atoms. The van der Waals surface area contributed by atoms with E-state index < -0.39 is 19.6 Å². The lowest BCUT2D eigenvalue weighted by Crippen LogP contribution is -2.28. The van der Waals surface area contributed by atoms with Crippen molar-refractivity contribution in [3.05, 3.63) is 18.2 Å². The quantitative estimate of drug-likeness (QED) is 0.474. The SMILES string of the molecule is CC(=O)/C=C(\O)c1ncn(C(=O)NC[P+](C)=O)n1. The lowest BCUT2D eigenvalue weighted by molar-refractivity contribution is -0.112. The Morgan fingerprint density at radius 1 is 1.61 bits per heavy atom. The van der Waals surface area contributed by atoms with Crippen LogP contribution < -0.4 is 5.32 Å². The molecule has 0 aromatic carbocycles. The highest BCUT2D eigenvalue weighted by Crippen LogP contribution is 2.09. The number of nitrogens with zero attached hydrogens (tertiary/aromatic N) is 3. The molecule has 0 aliphatic carbocycles. The molecule has 0 fully saturated rings. The maximum absolute atomic E-state index is 11.5. The third-order valence-corrected chi connectivity index (χ3v) is 2.33. The van der Waals surface area contributed by atoms with E-state index in [2.05, 4.69) is 15.4 Å². The molecule has 0 aliphatic heterocycles. The topological polar surface area (TPSA) is 114 Å². The lowest BCUT2D eigenvalue weighted by Gasteiger charge is -1.96. The summed E-state index contributed by atoms with van der Waals surface area (Å²) in [6.07, 6.45) is 2.05. The van der Waals surface area contributed by atoms with Crippen molar-refractivity contribution >= 4 is 25.4 Å². The number of aliphatic hydroxyl groups is 1. The van der Waals surface area contributed by atoms with E-state index in [4.69, 9.17) is 0 Å². The normalized spacial score (nSPS) is 12.1. The molecule has 8 nitrogen and oxygen atoms in total. The van der Waals surface area contributed by atoms with Crippen molar-refractivity contribution in [2.45, 2.75) is 6.92 Å². The molecule has 0 radical (unpaired) electrons. The van der Waals surface area contributed by atoms with Gasteiger partial charge in [-0.2, -0.15) is 4.68 Å². The monoisotopic (exact) mass is 271 g/mol. The second-order valence-electron chi connectivity index (χ2n) is 3.42. The Hall–Kier alpha value is -2.08. The molecule has 1 aromatic rings. The van der Waals surface area contributed by atoms with Gasteiger partial charge >= 0.3 is 13.8 Å². The summed E-state index contributed by atoms with van der Waals surface area (Å²) in [5.74, 6) is -0.923. The van der Waals surface area contributed by atoms with Crippen LogP contribution in [-0.4, -0.2) is 44.6 Å². The Kier molecular flexibility index (Phi) is 4.67. The molecule has 9 heteroatoms. The smallest absolute Gasteiger partial charge is 0.356 e. The highest BCUT2D eigenvalue weighted by atomic mass is 31.1. The Morgan fingerprint density at radius 3 is 2.83 bits per heavy atom. The van der Waals surface area contributed by atoms with Crippen LogP contribution in [0.25, 0.3) is 5.76 Å². The Morgan fingerprint density at radius 2 is 2.28 bits per heavy atom. The van der Waals surface area contributed by atoms with Crippen LogP contribution in [0, 0.1) is 0 Å². The third kappa shape index (κ3) is 4.06. The minimum Gasteiger partial charge on any atom is -0.504 e. The number of rotatable bonds is 4. The molecule has 0 saturated heterocycles. The van der Waals surface area contributed by atoms with E-state index in [1.54, 1.807) is 0 Å². The average Bonchev–Trinajstić information content (AvgIpc) is 2.74. The molecular weight excluding hydrogens is 259 g/mol. The van der Waals surface area contributed by atoms with Crippen LogP contribution in [0.15, 0.2) is 12.4 Å². The predicted molar refractivity (Wildman–Crippen MR) is 63.6 cm³/mol. The molecule has 0 spiro atoms. The average molecular weight is 271 g/mol. The number of aliphatic hydroxyl groups excluding tert-OH is 1. The maximum atomic E-state index is 11.5. The molecule has 1 amide bonds. The molecule has 96 valence electrons. The van der Waals surface area contributed by atoms with Gasteiger partial charge in [-0.3, -0.25) is 10.1 Å². The van der Waals surface area contributed by atoms with Gasteiger partial charge < -0.3 is 5.11 Å². The second kappa shape index (κ2) is 6.02. The van der Waals surface area contributed by atoms with Crippen LogP contribution in [0.3, 0.4) is 0 Å². The fourth-order valence-corrected chi connectivity index (χ4v) is 1.35. The van der Waals surface area contributed by atoms with Gasteiger partial charge in [0.2, 0.25) is 12.1 Å². The molecule has 0 saturated carbocycles. The van der Waals surface area contributed by atoms with E-state index in [1.807, 2.05) is 0 Å². The van der Waals surface area contributed by atoms with Crippen molar-refractivity contribution in [2.75, 3.05) is 13.0 Å². The Bertz CT molecular complexity index is 522. The van der Waals surface area contributed by atoms with E-state index in [9.17, 15) is 19.3 Å². The molecule has 1 rings (SSSR count). The van der Waals surface area contributed by atoms with Gasteiger partial charge in [0.15, 0.2) is 11.5 Å². The number of amides is 1. The number of carbonyl (C=O) groups excluding carboxylic acids is 2. The Labute approximate surface area is 103 Å². The van der Waals surface area contributed by atoms with Gasteiger partial charge in [0.25, 0.3) is 0 Å². The molecule has 1 unspecified atom stereocenters. The van der Waals surface area contributed by atoms with Gasteiger partial charge in [0.05, 0.1) is 0 Å². The van der Waals surface area contributed by atoms with E-state index in [0.717, 1.165) is 17.1 Å².